The summed E-state index contributed by atoms with van der Waals surface area (Å²) in [6.45, 7) is 1.33. The first kappa shape index (κ1) is 21.0. The Hall–Kier alpha value is -3.22. The predicted octanol–water partition coefficient (Wildman–Crippen LogP) is 4.61. The summed E-state index contributed by atoms with van der Waals surface area (Å²) in [5.74, 6) is 1.54. The second-order valence-electron chi connectivity index (χ2n) is 7.85. The Morgan fingerprint density at radius 2 is 2.10 bits per heavy atom. The number of piperidine rings is 1. The molecular formula is C24H26FN3O3. The van der Waals surface area contributed by atoms with E-state index in [0.717, 1.165) is 38.0 Å². The topological polar surface area (TPSA) is 68.5 Å². The zero-order valence-corrected chi connectivity index (χ0v) is 17.6. The van der Waals surface area contributed by atoms with Crippen molar-refractivity contribution in [1.29, 1.82) is 0 Å². The van der Waals surface area contributed by atoms with Crippen LogP contribution in [0.25, 0.3) is 11.4 Å². The van der Waals surface area contributed by atoms with Gasteiger partial charge in [-0.05, 0) is 55.5 Å². The van der Waals surface area contributed by atoms with E-state index in [2.05, 4.69) is 10.1 Å². The molecule has 0 aliphatic carbocycles. The molecule has 7 heteroatoms. The van der Waals surface area contributed by atoms with E-state index in [-0.39, 0.29) is 17.6 Å². The summed E-state index contributed by atoms with van der Waals surface area (Å²) in [6.07, 6.45) is 3.95. The maximum absolute atomic E-state index is 13.5. The molecule has 6 nitrogen and oxygen atoms in total. The van der Waals surface area contributed by atoms with Gasteiger partial charge in [0.25, 0.3) is 0 Å². The van der Waals surface area contributed by atoms with Crippen LogP contribution in [-0.2, 0) is 11.2 Å². The predicted molar refractivity (Wildman–Crippen MR) is 114 cm³/mol. The third kappa shape index (κ3) is 5.29. The molecular weight excluding hydrogens is 397 g/mol. The number of likely N-dealkylation sites (tertiary alicyclic amines) is 1. The number of methoxy groups -OCH3 is 1. The molecule has 31 heavy (non-hydrogen) atoms. The number of benzene rings is 2. The number of rotatable bonds is 7. The summed E-state index contributed by atoms with van der Waals surface area (Å²) >= 11 is 0. The highest BCUT2D eigenvalue weighted by Crippen LogP contribution is 2.28. The zero-order valence-electron chi connectivity index (χ0n) is 17.6. The number of hydrogen-bond acceptors (Lipinski definition) is 5. The smallest absolute Gasteiger partial charge is 0.231 e. The molecule has 0 radical (unpaired) electrons. The summed E-state index contributed by atoms with van der Waals surface area (Å²) < 4.78 is 24.1. The van der Waals surface area contributed by atoms with E-state index in [9.17, 15) is 9.18 Å². The number of carbonyl (C=O) groups is 1. The van der Waals surface area contributed by atoms with Crippen LogP contribution >= 0.6 is 0 Å². The first-order valence-corrected chi connectivity index (χ1v) is 10.6. The van der Waals surface area contributed by atoms with Gasteiger partial charge in [0.1, 0.15) is 11.6 Å². The molecule has 1 amide bonds. The van der Waals surface area contributed by atoms with Gasteiger partial charge in [0.05, 0.1) is 13.0 Å². The van der Waals surface area contributed by atoms with Gasteiger partial charge in [-0.3, -0.25) is 4.79 Å². The molecule has 1 fully saturated rings. The molecule has 1 atom stereocenters. The summed E-state index contributed by atoms with van der Waals surface area (Å²) in [4.78, 5) is 19.1. The molecule has 1 aromatic heterocycles. The fourth-order valence-electron chi connectivity index (χ4n) is 3.95. The van der Waals surface area contributed by atoms with E-state index < -0.39 is 0 Å². The molecule has 1 aliphatic heterocycles. The minimum absolute atomic E-state index is 0.00842. The molecule has 3 aromatic rings. The summed E-state index contributed by atoms with van der Waals surface area (Å²) in [5, 5.41) is 4.00. The number of amides is 1. The first-order chi connectivity index (χ1) is 15.1. The Bertz CT molecular complexity index is 1020. The molecule has 162 valence electrons. The normalized spacial score (nSPS) is 16.3. The molecule has 0 bridgehead atoms. The van der Waals surface area contributed by atoms with Gasteiger partial charge in [-0.25, -0.2) is 4.39 Å². The Labute approximate surface area is 181 Å². The molecule has 0 spiro atoms. The van der Waals surface area contributed by atoms with Crippen molar-refractivity contribution in [1.82, 2.24) is 15.0 Å². The van der Waals surface area contributed by atoms with Crippen molar-refractivity contribution in [2.45, 2.75) is 38.0 Å². The number of aromatic nitrogens is 2. The molecule has 1 aliphatic rings. The van der Waals surface area contributed by atoms with E-state index in [1.807, 2.05) is 29.2 Å². The lowest BCUT2D eigenvalue weighted by Gasteiger charge is -2.31. The van der Waals surface area contributed by atoms with E-state index in [4.69, 9.17) is 9.26 Å². The van der Waals surface area contributed by atoms with Crippen molar-refractivity contribution in [2.24, 2.45) is 0 Å². The van der Waals surface area contributed by atoms with E-state index in [0.29, 0.717) is 30.2 Å². The van der Waals surface area contributed by atoms with E-state index in [1.54, 1.807) is 19.2 Å². The minimum atomic E-state index is -0.340. The van der Waals surface area contributed by atoms with Gasteiger partial charge in [0, 0.05) is 25.1 Å². The van der Waals surface area contributed by atoms with Crippen molar-refractivity contribution in [3.63, 3.8) is 0 Å². The highest BCUT2D eigenvalue weighted by atomic mass is 19.1. The van der Waals surface area contributed by atoms with E-state index >= 15 is 0 Å². The molecule has 1 saturated heterocycles. The lowest BCUT2D eigenvalue weighted by atomic mass is 9.97. The Morgan fingerprint density at radius 1 is 1.26 bits per heavy atom. The number of ether oxygens (including phenoxy) is 1. The summed E-state index contributed by atoms with van der Waals surface area (Å²) in [5.41, 5.74) is 1.78. The molecule has 4 rings (SSSR count). The van der Waals surface area contributed by atoms with Crippen LogP contribution in [0.4, 0.5) is 4.39 Å². The van der Waals surface area contributed by atoms with Gasteiger partial charge >= 0.3 is 0 Å². The van der Waals surface area contributed by atoms with Crippen LogP contribution in [0.5, 0.6) is 5.75 Å². The number of nitrogens with zero attached hydrogens (tertiary/aromatic N) is 3. The summed E-state index contributed by atoms with van der Waals surface area (Å²) in [6, 6.07) is 14.1. The lowest BCUT2D eigenvalue weighted by Crippen LogP contribution is -2.39. The van der Waals surface area contributed by atoms with Crippen molar-refractivity contribution < 1.29 is 18.4 Å². The summed E-state index contributed by atoms with van der Waals surface area (Å²) in [7, 11) is 1.65. The Balaban J connectivity index is 1.31. The maximum Gasteiger partial charge on any atom is 0.231 e. The van der Waals surface area contributed by atoms with Gasteiger partial charge in [0.2, 0.25) is 17.6 Å². The van der Waals surface area contributed by atoms with Crippen LogP contribution in [0.2, 0.25) is 0 Å². The molecule has 0 saturated carbocycles. The van der Waals surface area contributed by atoms with Crippen LogP contribution < -0.4 is 4.74 Å². The van der Waals surface area contributed by atoms with Gasteiger partial charge in [-0.15, -0.1) is 0 Å². The Kier molecular flexibility index (Phi) is 6.60. The Morgan fingerprint density at radius 3 is 2.87 bits per heavy atom. The quantitative estimate of drug-likeness (QED) is 0.555. The van der Waals surface area contributed by atoms with Gasteiger partial charge in [-0.2, -0.15) is 4.98 Å². The second-order valence-corrected chi connectivity index (χ2v) is 7.85. The van der Waals surface area contributed by atoms with Gasteiger partial charge in [0.15, 0.2) is 0 Å². The molecule has 2 heterocycles. The van der Waals surface area contributed by atoms with Crippen molar-refractivity contribution in [3.8, 4) is 17.1 Å². The minimum Gasteiger partial charge on any atom is -0.497 e. The second kappa shape index (κ2) is 9.73. The average Bonchev–Trinajstić information content (AvgIpc) is 3.30. The van der Waals surface area contributed by atoms with E-state index in [1.165, 1.54) is 17.7 Å². The fraction of sp³-hybridized carbons (Fsp3) is 0.375. The SMILES string of the molecule is COc1ccc(CCCC(=O)N2CCCC(c3nc(-c4cccc(F)c4)no3)C2)cc1. The average molecular weight is 423 g/mol. The highest BCUT2D eigenvalue weighted by molar-refractivity contribution is 5.76. The van der Waals surface area contributed by atoms with Crippen molar-refractivity contribution in [3.05, 3.63) is 65.8 Å². The largest absolute Gasteiger partial charge is 0.497 e. The molecule has 0 N–H and O–H groups in total. The van der Waals surface area contributed by atoms with Crippen LogP contribution in [0.3, 0.4) is 0 Å². The lowest BCUT2D eigenvalue weighted by molar-refractivity contribution is -0.132. The fourth-order valence-corrected chi connectivity index (χ4v) is 3.95. The van der Waals surface area contributed by atoms with Crippen molar-refractivity contribution in [2.75, 3.05) is 20.2 Å². The third-order valence-corrected chi connectivity index (χ3v) is 5.66. The number of carbonyl (C=O) groups excluding carboxylic acids is 1. The van der Waals surface area contributed by atoms with Crippen LogP contribution in [0.15, 0.2) is 53.1 Å². The van der Waals surface area contributed by atoms with Crippen LogP contribution in [-0.4, -0.2) is 41.1 Å². The molecule has 1 unspecified atom stereocenters. The van der Waals surface area contributed by atoms with Gasteiger partial charge in [-0.1, -0.05) is 29.4 Å². The number of hydrogen-bond donors (Lipinski definition) is 0. The van der Waals surface area contributed by atoms with Gasteiger partial charge < -0.3 is 14.2 Å². The zero-order chi connectivity index (χ0) is 21.6. The monoisotopic (exact) mass is 423 g/mol. The third-order valence-electron chi connectivity index (χ3n) is 5.66. The van der Waals surface area contributed by atoms with Crippen LogP contribution in [0, 0.1) is 5.82 Å². The molecule has 2 aromatic carbocycles. The number of aryl methyl sites for hydroxylation is 1. The van der Waals surface area contributed by atoms with Crippen LogP contribution in [0.1, 0.15) is 43.1 Å². The first-order valence-electron chi connectivity index (χ1n) is 10.6. The highest BCUT2D eigenvalue weighted by Gasteiger charge is 2.28. The standard InChI is InChI=1S/C24H26FN3O3/c1-30-21-12-10-17(11-13-21)5-2-9-22(29)28-14-4-7-19(16-28)24-26-23(27-31-24)18-6-3-8-20(25)15-18/h3,6,8,10-13,15,19H,2,4-5,7,9,14,16H2,1H3. The number of halogens is 1. The maximum atomic E-state index is 13.5. The van der Waals surface area contributed by atoms with Crippen molar-refractivity contribution >= 4 is 5.91 Å².